The van der Waals surface area contributed by atoms with E-state index in [1.807, 2.05) is 17.9 Å². The Morgan fingerprint density at radius 3 is 2.75 bits per heavy atom. The van der Waals surface area contributed by atoms with Gasteiger partial charge in [0.2, 0.25) is 0 Å². The van der Waals surface area contributed by atoms with E-state index in [0.717, 1.165) is 24.2 Å². The van der Waals surface area contributed by atoms with E-state index in [1.54, 1.807) is 18.5 Å². The van der Waals surface area contributed by atoms with Crippen molar-refractivity contribution in [3.8, 4) is 16.9 Å². The van der Waals surface area contributed by atoms with Crippen LogP contribution in [0.2, 0.25) is 0 Å². The van der Waals surface area contributed by atoms with E-state index in [1.165, 1.54) is 13.2 Å². The van der Waals surface area contributed by atoms with E-state index in [9.17, 15) is 8.78 Å². The number of halogens is 2. The van der Waals surface area contributed by atoms with Gasteiger partial charge in [-0.3, -0.25) is 4.68 Å². The third-order valence-corrected chi connectivity index (χ3v) is 3.84. The van der Waals surface area contributed by atoms with Crippen LogP contribution in [0, 0.1) is 0 Å². The van der Waals surface area contributed by atoms with Crippen LogP contribution in [-0.2, 0) is 6.54 Å². The number of alkyl halides is 2. The van der Waals surface area contributed by atoms with E-state index >= 15 is 0 Å². The first kappa shape index (κ1) is 19.4. The highest BCUT2D eigenvalue weighted by Crippen LogP contribution is 2.31. The summed E-state index contributed by atoms with van der Waals surface area (Å²) in [6.07, 6.45) is 2.40. The molecule has 0 unspecified atom stereocenters. The molecule has 4 N–H and O–H groups in total. The molecular weight excluding hydrogens is 370 g/mol. The molecule has 0 atom stereocenters. The number of hydrogen-bond donors (Lipinski definition) is 3. The molecule has 0 aliphatic carbocycles. The van der Waals surface area contributed by atoms with Crippen molar-refractivity contribution in [2.45, 2.75) is 13.0 Å². The lowest BCUT2D eigenvalue weighted by molar-refractivity contribution is 0.140. The van der Waals surface area contributed by atoms with Gasteiger partial charge >= 0.3 is 0 Å². The van der Waals surface area contributed by atoms with Gasteiger partial charge in [-0.15, -0.1) is 0 Å². The number of nitrogens with two attached hydrogens (primary N) is 1. The van der Waals surface area contributed by atoms with Gasteiger partial charge in [-0.05, 0) is 7.05 Å². The third-order valence-electron chi connectivity index (χ3n) is 3.84. The van der Waals surface area contributed by atoms with Crippen molar-refractivity contribution in [1.82, 2.24) is 30.0 Å². The van der Waals surface area contributed by atoms with Gasteiger partial charge in [-0.25, -0.2) is 23.7 Å². The first-order chi connectivity index (χ1) is 13.5. The molecule has 3 aromatic heterocycles. The SMILES string of the molecule is CNCCn1cc(-c2cnc(Nc3cc(N)nc(C(F)F)n3)cc2OC)cn1. The quantitative estimate of drug-likeness (QED) is 0.536. The molecule has 11 heteroatoms. The number of methoxy groups -OCH3 is 1. The zero-order chi connectivity index (χ0) is 20.1. The Bertz CT molecular complexity index is 947. The number of nitrogens with zero attached hydrogens (tertiary/aromatic N) is 5. The molecule has 148 valence electrons. The summed E-state index contributed by atoms with van der Waals surface area (Å²) in [6.45, 7) is 1.52. The zero-order valence-corrected chi connectivity index (χ0v) is 15.4. The Morgan fingerprint density at radius 2 is 2.04 bits per heavy atom. The standard InChI is InChI=1S/C17H20F2N8O/c1-21-3-4-27-9-10(7-23-27)11-8-22-14(5-12(11)28-2)25-15-6-13(20)24-17(26-15)16(18)19/h5-9,16,21H,3-4H2,1-2H3,(H3,20,22,24,25,26). The molecule has 0 amide bonds. The zero-order valence-electron chi connectivity index (χ0n) is 15.4. The van der Waals surface area contributed by atoms with Crippen LogP contribution in [0.5, 0.6) is 5.75 Å². The molecule has 0 bridgehead atoms. The predicted molar refractivity (Wildman–Crippen MR) is 101 cm³/mol. The van der Waals surface area contributed by atoms with Gasteiger partial charge < -0.3 is 21.1 Å². The maximum absolute atomic E-state index is 12.8. The molecule has 0 aromatic carbocycles. The van der Waals surface area contributed by atoms with Gasteiger partial charge in [0.05, 0.1) is 19.9 Å². The minimum Gasteiger partial charge on any atom is -0.496 e. The molecule has 0 radical (unpaired) electrons. The Labute approximate surface area is 160 Å². The summed E-state index contributed by atoms with van der Waals surface area (Å²) in [5.74, 6) is 0.304. The highest BCUT2D eigenvalue weighted by Gasteiger charge is 2.15. The monoisotopic (exact) mass is 390 g/mol. The van der Waals surface area contributed by atoms with Crippen molar-refractivity contribution < 1.29 is 13.5 Å². The van der Waals surface area contributed by atoms with E-state index in [2.05, 4.69) is 30.7 Å². The molecule has 0 fully saturated rings. The molecule has 3 rings (SSSR count). The van der Waals surface area contributed by atoms with Gasteiger partial charge in [0.1, 0.15) is 23.2 Å². The average Bonchev–Trinajstić information content (AvgIpc) is 3.14. The number of anilines is 3. The second-order valence-electron chi connectivity index (χ2n) is 5.83. The van der Waals surface area contributed by atoms with Crippen LogP contribution in [0.3, 0.4) is 0 Å². The summed E-state index contributed by atoms with van der Waals surface area (Å²) in [7, 11) is 3.41. The van der Waals surface area contributed by atoms with Gasteiger partial charge in [0.25, 0.3) is 6.43 Å². The number of nitrogen functional groups attached to an aromatic ring is 1. The number of pyridine rings is 1. The second-order valence-corrected chi connectivity index (χ2v) is 5.83. The normalized spacial score (nSPS) is 11.0. The number of aromatic nitrogens is 5. The maximum Gasteiger partial charge on any atom is 0.297 e. The van der Waals surface area contributed by atoms with E-state index < -0.39 is 12.2 Å². The van der Waals surface area contributed by atoms with Crippen LogP contribution in [0.15, 0.2) is 30.7 Å². The first-order valence-corrected chi connectivity index (χ1v) is 8.41. The Hall–Kier alpha value is -3.34. The van der Waals surface area contributed by atoms with Crippen LogP contribution in [0.1, 0.15) is 12.2 Å². The highest BCUT2D eigenvalue weighted by atomic mass is 19.3. The number of likely N-dealkylation sites (N-methyl/N-ethyl adjacent to an activating group) is 1. The van der Waals surface area contributed by atoms with Gasteiger partial charge in [0.15, 0.2) is 5.82 Å². The fourth-order valence-electron chi connectivity index (χ4n) is 2.52. The van der Waals surface area contributed by atoms with Crippen LogP contribution in [0.4, 0.5) is 26.2 Å². The molecule has 0 aliphatic rings. The van der Waals surface area contributed by atoms with E-state index in [-0.39, 0.29) is 11.6 Å². The fourth-order valence-corrected chi connectivity index (χ4v) is 2.52. The predicted octanol–water partition coefficient (Wildman–Crippen LogP) is 2.23. The van der Waals surface area contributed by atoms with E-state index in [4.69, 9.17) is 10.5 Å². The lowest BCUT2D eigenvalue weighted by atomic mass is 10.1. The van der Waals surface area contributed by atoms with Gasteiger partial charge in [0, 0.05) is 42.2 Å². The summed E-state index contributed by atoms with van der Waals surface area (Å²) in [6, 6.07) is 2.99. The van der Waals surface area contributed by atoms with Crippen LogP contribution >= 0.6 is 0 Å². The Morgan fingerprint density at radius 1 is 1.21 bits per heavy atom. The van der Waals surface area contributed by atoms with Crippen molar-refractivity contribution in [2.75, 3.05) is 31.8 Å². The van der Waals surface area contributed by atoms with Crippen LogP contribution in [0.25, 0.3) is 11.1 Å². The molecule has 9 nitrogen and oxygen atoms in total. The molecule has 28 heavy (non-hydrogen) atoms. The lowest BCUT2D eigenvalue weighted by Crippen LogP contribution is -2.14. The molecular formula is C17H20F2N8O. The average molecular weight is 390 g/mol. The number of hydrogen-bond acceptors (Lipinski definition) is 8. The molecule has 0 spiro atoms. The molecule has 0 saturated carbocycles. The van der Waals surface area contributed by atoms with Crippen LogP contribution < -0.4 is 21.1 Å². The second kappa shape index (κ2) is 8.57. The van der Waals surface area contributed by atoms with Crippen molar-refractivity contribution in [3.05, 3.63) is 36.5 Å². The summed E-state index contributed by atoms with van der Waals surface area (Å²) < 4.78 is 33.0. The lowest BCUT2D eigenvalue weighted by Gasteiger charge is -2.11. The van der Waals surface area contributed by atoms with Crippen molar-refractivity contribution >= 4 is 17.5 Å². The van der Waals surface area contributed by atoms with Crippen molar-refractivity contribution in [3.63, 3.8) is 0 Å². The van der Waals surface area contributed by atoms with Crippen molar-refractivity contribution in [1.29, 1.82) is 0 Å². The minimum absolute atomic E-state index is 0.0645. The summed E-state index contributed by atoms with van der Waals surface area (Å²) in [4.78, 5) is 11.6. The topological polar surface area (TPSA) is 116 Å². The number of rotatable bonds is 8. The fraction of sp³-hybridized carbons (Fsp3) is 0.294. The first-order valence-electron chi connectivity index (χ1n) is 8.41. The summed E-state index contributed by atoms with van der Waals surface area (Å²) in [5.41, 5.74) is 7.16. The van der Waals surface area contributed by atoms with Crippen LogP contribution in [-0.4, -0.2) is 45.4 Å². The molecule has 0 aliphatic heterocycles. The minimum atomic E-state index is -2.83. The summed E-state index contributed by atoms with van der Waals surface area (Å²) in [5, 5.41) is 10.2. The molecule has 3 heterocycles. The van der Waals surface area contributed by atoms with Gasteiger partial charge in [-0.1, -0.05) is 0 Å². The molecule has 3 aromatic rings. The number of ether oxygens (including phenoxy) is 1. The van der Waals surface area contributed by atoms with E-state index in [0.29, 0.717) is 11.6 Å². The Balaban J connectivity index is 1.84. The highest BCUT2D eigenvalue weighted by molar-refractivity contribution is 5.71. The third kappa shape index (κ3) is 4.49. The van der Waals surface area contributed by atoms with Gasteiger partial charge in [-0.2, -0.15) is 5.10 Å². The Kier molecular flexibility index (Phi) is 5.94. The number of nitrogens with one attached hydrogen (secondary N) is 2. The molecule has 0 saturated heterocycles. The smallest absolute Gasteiger partial charge is 0.297 e. The van der Waals surface area contributed by atoms with Crippen molar-refractivity contribution in [2.24, 2.45) is 0 Å². The largest absolute Gasteiger partial charge is 0.496 e. The summed E-state index contributed by atoms with van der Waals surface area (Å²) >= 11 is 0. The maximum atomic E-state index is 12.8.